The average Bonchev–Trinajstić information content (AvgIpc) is 3.26. The van der Waals surface area contributed by atoms with Crippen molar-refractivity contribution in [2.45, 2.75) is 32.3 Å². The van der Waals surface area contributed by atoms with Crippen molar-refractivity contribution >= 4 is 5.91 Å². The minimum Gasteiger partial charge on any atom is -0.376 e. The van der Waals surface area contributed by atoms with Gasteiger partial charge in [-0.05, 0) is 37.5 Å². The van der Waals surface area contributed by atoms with Crippen molar-refractivity contribution in [1.82, 2.24) is 20.1 Å². The van der Waals surface area contributed by atoms with Gasteiger partial charge in [0.2, 0.25) is 0 Å². The molecule has 1 aliphatic heterocycles. The van der Waals surface area contributed by atoms with Crippen LogP contribution in [0, 0.1) is 0 Å². The molecule has 6 nitrogen and oxygen atoms in total. The van der Waals surface area contributed by atoms with E-state index in [4.69, 9.17) is 4.74 Å². The minimum atomic E-state index is -0.0305. The molecule has 1 saturated heterocycles. The topological polar surface area (TPSA) is 71.1 Å². The second-order valence-corrected chi connectivity index (χ2v) is 5.77. The summed E-state index contributed by atoms with van der Waals surface area (Å²) in [6, 6.07) is 7.40. The highest BCUT2D eigenvalue weighted by molar-refractivity contribution is 5.93. The van der Waals surface area contributed by atoms with Crippen LogP contribution in [0.2, 0.25) is 0 Å². The van der Waals surface area contributed by atoms with Gasteiger partial charge in [-0.25, -0.2) is 0 Å². The molecule has 6 heteroatoms. The number of nitrogens with zero attached hydrogens (tertiary/aromatic N) is 3. The molecule has 0 aliphatic carbocycles. The molecule has 0 unspecified atom stereocenters. The monoisotopic (exact) mass is 314 g/mol. The molecule has 3 rings (SSSR count). The van der Waals surface area contributed by atoms with Crippen molar-refractivity contribution < 1.29 is 9.53 Å². The van der Waals surface area contributed by atoms with E-state index in [2.05, 4.69) is 22.1 Å². The lowest BCUT2D eigenvalue weighted by Gasteiger charge is -2.24. The molecular formula is C17H22N4O2. The van der Waals surface area contributed by atoms with E-state index in [0.29, 0.717) is 17.9 Å². The van der Waals surface area contributed by atoms with Crippen LogP contribution < -0.4 is 0 Å². The zero-order valence-electron chi connectivity index (χ0n) is 13.4. The minimum absolute atomic E-state index is 0.0305. The number of hydrogen-bond acceptors (Lipinski definition) is 4. The predicted molar refractivity (Wildman–Crippen MR) is 87.0 cm³/mol. The van der Waals surface area contributed by atoms with Gasteiger partial charge >= 0.3 is 0 Å². The van der Waals surface area contributed by atoms with Gasteiger partial charge in [-0.2, -0.15) is 5.10 Å². The number of carbonyl (C=O) groups excluding carboxylic acids is 1. The number of H-pyrrole nitrogens is 1. The second-order valence-electron chi connectivity index (χ2n) is 5.77. The standard InChI is InChI=1S/C17H22N4O2/c1-2-9-21(12-13-6-5-10-23-13)17(22)16-11-15(19-20-16)14-7-3-4-8-18-14/h3-4,7-8,11,13H,2,5-6,9-10,12H2,1H3,(H,19,20)/t13-/m0/s1. The van der Waals surface area contributed by atoms with Crippen molar-refractivity contribution in [3.8, 4) is 11.4 Å². The first-order chi connectivity index (χ1) is 11.3. The molecule has 1 amide bonds. The maximum atomic E-state index is 12.7. The number of hydrogen-bond donors (Lipinski definition) is 1. The van der Waals surface area contributed by atoms with Crippen LogP contribution in [0.3, 0.4) is 0 Å². The van der Waals surface area contributed by atoms with Gasteiger partial charge in [0.15, 0.2) is 0 Å². The maximum Gasteiger partial charge on any atom is 0.271 e. The first kappa shape index (κ1) is 15.7. The van der Waals surface area contributed by atoms with Gasteiger partial charge in [-0.1, -0.05) is 13.0 Å². The Morgan fingerprint density at radius 3 is 3.04 bits per heavy atom. The zero-order chi connectivity index (χ0) is 16.1. The first-order valence-corrected chi connectivity index (χ1v) is 8.15. The van der Waals surface area contributed by atoms with Crippen molar-refractivity contribution in [2.24, 2.45) is 0 Å². The van der Waals surface area contributed by atoms with Crippen molar-refractivity contribution in [2.75, 3.05) is 19.7 Å². The highest BCUT2D eigenvalue weighted by Crippen LogP contribution is 2.18. The van der Waals surface area contributed by atoms with Crippen LogP contribution in [0.5, 0.6) is 0 Å². The predicted octanol–water partition coefficient (Wildman–Crippen LogP) is 2.50. The molecule has 1 fully saturated rings. The number of carbonyl (C=O) groups is 1. The van der Waals surface area contributed by atoms with Gasteiger partial charge in [-0.15, -0.1) is 0 Å². The summed E-state index contributed by atoms with van der Waals surface area (Å²) < 4.78 is 5.66. The molecule has 122 valence electrons. The van der Waals surface area contributed by atoms with Crippen molar-refractivity contribution in [1.29, 1.82) is 0 Å². The lowest BCUT2D eigenvalue weighted by Crippen LogP contribution is -2.38. The van der Waals surface area contributed by atoms with Gasteiger partial charge in [-0.3, -0.25) is 14.9 Å². The second kappa shape index (κ2) is 7.37. The van der Waals surface area contributed by atoms with Crippen LogP contribution in [0.25, 0.3) is 11.4 Å². The third-order valence-corrected chi connectivity index (χ3v) is 3.96. The number of ether oxygens (including phenoxy) is 1. The van der Waals surface area contributed by atoms with E-state index >= 15 is 0 Å². The Balaban J connectivity index is 1.73. The third kappa shape index (κ3) is 3.76. The van der Waals surface area contributed by atoms with Gasteiger partial charge in [0.05, 0.1) is 11.8 Å². The van der Waals surface area contributed by atoms with E-state index in [-0.39, 0.29) is 12.0 Å². The van der Waals surface area contributed by atoms with Crippen LogP contribution in [-0.4, -0.2) is 51.8 Å². The Kier molecular flexibility index (Phi) is 5.02. The summed E-state index contributed by atoms with van der Waals surface area (Å²) in [6.07, 6.45) is 4.89. The van der Waals surface area contributed by atoms with Gasteiger partial charge in [0.25, 0.3) is 5.91 Å². The van der Waals surface area contributed by atoms with E-state index in [1.807, 2.05) is 23.1 Å². The normalized spacial score (nSPS) is 17.3. The lowest BCUT2D eigenvalue weighted by atomic mass is 10.2. The highest BCUT2D eigenvalue weighted by Gasteiger charge is 2.24. The highest BCUT2D eigenvalue weighted by atomic mass is 16.5. The number of pyridine rings is 1. The number of aromatic nitrogens is 3. The smallest absolute Gasteiger partial charge is 0.271 e. The average molecular weight is 314 g/mol. The number of amides is 1. The summed E-state index contributed by atoms with van der Waals surface area (Å²) in [4.78, 5) is 18.9. The van der Waals surface area contributed by atoms with Crippen LogP contribution in [0.4, 0.5) is 0 Å². The van der Waals surface area contributed by atoms with E-state index < -0.39 is 0 Å². The largest absolute Gasteiger partial charge is 0.376 e. The SMILES string of the molecule is CCCN(C[C@@H]1CCCO1)C(=O)c1cc(-c2ccccn2)n[nH]1. The van der Waals surface area contributed by atoms with E-state index in [1.165, 1.54) is 0 Å². The molecule has 0 saturated carbocycles. The van der Waals surface area contributed by atoms with E-state index in [9.17, 15) is 4.79 Å². The fourth-order valence-corrected chi connectivity index (χ4v) is 2.83. The maximum absolute atomic E-state index is 12.7. The molecule has 1 atom stereocenters. The zero-order valence-corrected chi connectivity index (χ0v) is 13.4. The van der Waals surface area contributed by atoms with Crippen molar-refractivity contribution in [3.63, 3.8) is 0 Å². The number of nitrogens with one attached hydrogen (secondary N) is 1. The lowest BCUT2D eigenvalue weighted by molar-refractivity contribution is 0.0522. The van der Waals surface area contributed by atoms with Gasteiger partial charge < -0.3 is 9.64 Å². The number of rotatable bonds is 6. The van der Waals surface area contributed by atoms with E-state index in [0.717, 1.165) is 38.1 Å². The van der Waals surface area contributed by atoms with Gasteiger partial charge in [0, 0.05) is 25.9 Å². The molecule has 2 aromatic heterocycles. The molecule has 0 aromatic carbocycles. The summed E-state index contributed by atoms with van der Waals surface area (Å²) in [5, 5.41) is 7.06. The molecule has 0 radical (unpaired) electrons. The summed E-state index contributed by atoms with van der Waals surface area (Å²) in [5.41, 5.74) is 1.93. The van der Waals surface area contributed by atoms with Crippen LogP contribution in [0.1, 0.15) is 36.7 Å². The molecule has 1 aliphatic rings. The molecular weight excluding hydrogens is 292 g/mol. The summed E-state index contributed by atoms with van der Waals surface area (Å²) in [7, 11) is 0. The molecule has 0 bridgehead atoms. The quantitative estimate of drug-likeness (QED) is 0.889. The Morgan fingerprint density at radius 2 is 2.35 bits per heavy atom. The van der Waals surface area contributed by atoms with Crippen molar-refractivity contribution in [3.05, 3.63) is 36.2 Å². The third-order valence-electron chi connectivity index (χ3n) is 3.96. The summed E-state index contributed by atoms with van der Waals surface area (Å²) in [5.74, 6) is -0.0305. The Hall–Kier alpha value is -2.21. The van der Waals surface area contributed by atoms with E-state index in [1.54, 1.807) is 12.3 Å². The molecule has 0 spiro atoms. The van der Waals surface area contributed by atoms with Crippen LogP contribution in [0.15, 0.2) is 30.5 Å². The summed E-state index contributed by atoms with van der Waals surface area (Å²) in [6.45, 7) is 4.23. The fourth-order valence-electron chi connectivity index (χ4n) is 2.83. The number of aromatic amines is 1. The summed E-state index contributed by atoms with van der Waals surface area (Å²) >= 11 is 0. The van der Waals surface area contributed by atoms with Gasteiger partial charge in [0.1, 0.15) is 11.4 Å². The first-order valence-electron chi connectivity index (χ1n) is 8.15. The molecule has 2 aromatic rings. The Labute approximate surface area is 135 Å². The van der Waals surface area contributed by atoms with Crippen LogP contribution >= 0.6 is 0 Å². The Bertz CT molecular complexity index is 635. The molecule has 1 N–H and O–H groups in total. The van der Waals surface area contributed by atoms with Crippen LogP contribution in [-0.2, 0) is 4.74 Å². The Morgan fingerprint density at radius 1 is 1.43 bits per heavy atom. The molecule has 3 heterocycles. The fraction of sp³-hybridized carbons (Fsp3) is 0.471. The molecule has 23 heavy (non-hydrogen) atoms.